The van der Waals surface area contributed by atoms with E-state index in [2.05, 4.69) is 26.2 Å². The SMILES string of the molecule is c1cn2c(CNC3CC3)c(N3CCCCC3)nc2s1. The molecule has 0 aromatic carbocycles. The van der Waals surface area contributed by atoms with Gasteiger partial charge < -0.3 is 10.2 Å². The Labute approximate surface area is 117 Å². The molecule has 2 aromatic rings. The summed E-state index contributed by atoms with van der Waals surface area (Å²) >= 11 is 1.73. The van der Waals surface area contributed by atoms with Gasteiger partial charge in [0.1, 0.15) is 0 Å². The third kappa shape index (κ3) is 2.25. The zero-order chi connectivity index (χ0) is 12.7. The molecule has 1 saturated heterocycles. The van der Waals surface area contributed by atoms with Crippen molar-refractivity contribution in [3.8, 4) is 0 Å². The molecule has 0 atom stereocenters. The summed E-state index contributed by atoms with van der Waals surface area (Å²) < 4.78 is 2.27. The highest BCUT2D eigenvalue weighted by molar-refractivity contribution is 7.15. The van der Waals surface area contributed by atoms with Gasteiger partial charge in [0.25, 0.3) is 0 Å². The molecule has 5 heteroatoms. The number of piperidine rings is 1. The number of aromatic nitrogens is 2. The zero-order valence-electron chi connectivity index (χ0n) is 11.1. The number of nitrogens with zero attached hydrogens (tertiary/aromatic N) is 3. The van der Waals surface area contributed by atoms with Gasteiger partial charge in [-0.2, -0.15) is 0 Å². The largest absolute Gasteiger partial charge is 0.355 e. The summed E-state index contributed by atoms with van der Waals surface area (Å²) in [6.45, 7) is 3.29. The summed E-state index contributed by atoms with van der Waals surface area (Å²) in [5.74, 6) is 1.22. The summed E-state index contributed by atoms with van der Waals surface area (Å²) in [6, 6.07) is 0.749. The molecular formula is C14H20N4S. The molecule has 2 aliphatic rings. The second kappa shape index (κ2) is 4.80. The molecule has 102 valence electrons. The Balaban J connectivity index is 1.66. The van der Waals surface area contributed by atoms with Crippen LogP contribution in [0.1, 0.15) is 37.8 Å². The number of nitrogens with one attached hydrogen (secondary N) is 1. The van der Waals surface area contributed by atoms with E-state index in [1.54, 1.807) is 11.3 Å². The fraction of sp³-hybridized carbons (Fsp3) is 0.643. The molecule has 1 aliphatic carbocycles. The van der Waals surface area contributed by atoms with Crippen LogP contribution in [0.15, 0.2) is 11.6 Å². The highest BCUT2D eigenvalue weighted by atomic mass is 32.1. The van der Waals surface area contributed by atoms with Crippen molar-refractivity contribution in [3.05, 3.63) is 17.3 Å². The average Bonchev–Trinajstić information content (AvgIpc) is 3.05. The molecule has 1 saturated carbocycles. The molecule has 0 amide bonds. The fourth-order valence-corrected chi connectivity index (χ4v) is 3.60. The van der Waals surface area contributed by atoms with Gasteiger partial charge in [0.2, 0.25) is 0 Å². The Hall–Kier alpha value is -1.07. The van der Waals surface area contributed by atoms with Gasteiger partial charge in [-0.15, -0.1) is 11.3 Å². The number of imidazole rings is 1. The van der Waals surface area contributed by atoms with E-state index in [0.717, 1.165) is 17.5 Å². The second-order valence-electron chi connectivity index (χ2n) is 5.64. The van der Waals surface area contributed by atoms with Crippen LogP contribution in [0.5, 0.6) is 0 Å². The van der Waals surface area contributed by atoms with Gasteiger partial charge in [-0.25, -0.2) is 4.98 Å². The lowest BCUT2D eigenvalue weighted by Gasteiger charge is -2.27. The van der Waals surface area contributed by atoms with Gasteiger partial charge in [0.05, 0.1) is 5.69 Å². The summed E-state index contributed by atoms with van der Waals surface area (Å²) in [7, 11) is 0. The maximum Gasteiger partial charge on any atom is 0.195 e. The molecular weight excluding hydrogens is 256 g/mol. The Morgan fingerprint density at radius 3 is 2.89 bits per heavy atom. The van der Waals surface area contributed by atoms with Crippen molar-refractivity contribution in [2.45, 2.75) is 44.7 Å². The van der Waals surface area contributed by atoms with E-state index in [0.29, 0.717) is 0 Å². The molecule has 0 spiro atoms. The first-order valence-electron chi connectivity index (χ1n) is 7.34. The van der Waals surface area contributed by atoms with Crippen LogP contribution >= 0.6 is 11.3 Å². The quantitative estimate of drug-likeness (QED) is 0.932. The van der Waals surface area contributed by atoms with Crippen molar-refractivity contribution in [2.75, 3.05) is 18.0 Å². The van der Waals surface area contributed by atoms with Crippen molar-refractivity contribution < 1.29 is 0 Å². The number of hydrogen-bond acceptors (Lipinski definition) is 4. The molecule has 1 aliphatic heterocycles. The van der Waals surface area contributed by atoms with E-state index >= 15 is 0 Å². The lowest BCUT2D eigenvalue weighted by molar-refractivity contribution is 0.569. The molecule has 0 unspecified atom stereocenters. The van der Waals surface area contributed by atoms with E-state index in [-0.39, 0.29) is 0 Å². The maximum absolute atomic E-state index is 4.86. The highest BCUT2D eigenvalue weighted by Gasteiger charge is 2.24. The van der Waals surface area contributed by atoms with Crippen molar-refractivity contribution >= 4 is 22.1 Å². The Bertz CT molecular complexity index is 563. The predicted molar refractivity (Wildman–Crippen MR) is 79.0 cm³/mol. The minimum absolute atomic E-state index is 0.749. The number of fused-ring (bicyclic) bond motifs is 1. The van der Waals surface area contributed by atoms with E-state index in [1.807, 2.05) is 0 Å². The van der Waals surface area contributed by atoms with Gasteiger partial charge in [-0.3, -0.25) is 4.40 Å². The molecule has 3 heterocycles. The molecule has 0 radical (unpaired) electrons. The molecule has 2 fully saturated rings. The molecule has 2 aromatic heterocycles. The van der Waals surface area contributed by atoms with Gasteiger partial charge in [-0.05, 0) is 32.1 Å². The summed E-state index contributed by atoms with van der Waals surface area (Å²) in [5.41, 5.74) is 1.35. The first kappa shape index (κ1) is 11.7. The minimum atomic E-state index is 0.749. The minimum Gasteiger partial charge on any atom is -0.355 e. The standard InChI is InChI=1S/C14H20N4S/c1-2-6-17(7-3-1)13-12(10-15-11-4-5-11)18-8-9-19-14(18)16-13/h8-9,11,15H,1-7,10H2. The third-order valence-electron chi connectivity index (χ3n) is 4.13. The van der Waals surface area contributed by atoms with Crippen LogP contribution in [0.25, 0.3) is 4.96 Å². The van der Waals surface area contributed by atoms with Crippen molar-refractivity contribution in [1.29, 1.82) is 0 Å². The van der Waals surface area contributed by atoms with Crippen LogP contribution in [-0.4, -0.2) is 28.5 Å². The number of hydrogen-bond donors (Lipinski definition) is 1. The Morgan fingerprint density at radius 2 is 2.11 bits per heavy atom. The first-order valence-corrected chi connectivity index (χ1v) is 8.22. The van der Waals surface area contributed by atoms with Crippen LogP contribution in [0.2, 0.25) is 0 Å². The smallest absolute Gasteiger partial charge is 0.195 e. The first-order chi connectivity index (χ1) is 9.42. The summed E-state index contributed by atoms with van der Waals surface area (Å²) in [4.78, 5) is 8.47. The Kier molecular flexibility index (Phi) is 2.96. The average molecular weight is 276 g/mol. The third-order valence-corrected chi connectivity index (χ3v) is 4.89. The molecule has 4 nitrogen and oxygen atoms in total. The van der Waals surface area contributed by atoms with Crippen molar-refractivity contribution in [2.24, 2.45) is 0 Å². The Morgan fingerprint density at radius 1 is 1.26 bits per heavy atom. The summed E-state index contributed by atoms with van der Waals surface area (Å²) in [5, 5.41) is 5.77. The summed E-state index contributed by atoms with van der Waals surface area (Å²) in [6.07, 6.45) is 8.81. The lowest BCUT2D eigenvalue weighted by atomic mass is 10.1. The zero-order valence-corrected chi connectivity index (χ0v) is 12.0. The topological polar surface area (TPSA) is 32.6 Å². The molecule has 0 bridgehead atoms. The van der Waals surface area contributed by atoms with Crippen molar-refractivity contribution in [1.82, 2.24) is 14.7 Å². The van der Waals surface area contributed by atoms with E-state index in [9.17, 15) is 0 Å². The van der Waals surface area contributed by atoms with E-state index in [1.165, 1.54) is 56.7 Å². The van der Waals surface area contributed by atoms with E-state index < -0.39 is 0 Å². The second-order valence-corrected chi connectivity index (χ2v) is 6.51. The molecule has 1 N–H and O–H groups in total. The molecule has 4 rings (SSSR count). The van der Waals surface area contributed by atoms with Crippen LogP contribution < -0.4 is 10.2 Å². The molecule has 19 heavy (non-hydrogen) atoms. The number of rotatable bonds is 4. The van der Waals surface area contributed by atoms with Gasteiger partial charge in [0.15, 0.2) is 10.8 Å². The number of thiazole rings is 1. The maximum atomic E-state index is 4.86. The van der Waals surface area contributed by atoms with Gasteiger partial charge in [0, 0.05) is 37.3 Å². The van der Waals surface area contributed by atoms with Crippen molar-refractivity contribution in [3.63, 3.8) is 0 Å². The van der Waals surface area contributed by atoms with Crippen LogP contribution in [-0.2, 0) is 6.54 Å². The van der Waals surface area contributed by atoms with Crippen LogP contribution in [0, 0.1) is 0 Å². The normalized spacial score (nSPS) is 20.3. The number of anilines is 1. The van der Waals surface area contributed by atoms with Gasteiger partial charge >= 0.3 is 0 Å². The van der Waals surface area contributed by atoms with E-state index in [4.69, 9.17) is 4.98 Å². The monoisotopic (exact) mass is 276 g/mol. The van der Waals surface area contributed by atoms with Gasteiger partial charge in [-0.1, -0.05) is 0 Å². The fourth-order valence-electron chi connectivity index (χ4n) is 2.87. The lowest BCUT2D eigenvalue weighted by Crippen LogP contribution is -2.31. The van der Waals surface area contributed by atoms with Crippen LogP contribution in [0.4, 0.5) is 5.82 Å². The predicted octanol–water partition coefficient (Wildman–Crippen LogP) is 2.64. The van der Waals surface area contributed by atoms with Crippen LogP contribution in [0.3, 0.4) is 0 Å². The highest BCUT2D eigenvalue weighted by Crippen LogP contribution is 2.28.